The minimum absolute atomic E-state index is 0.387. The molecule has 0 fully saturated rings. The molecule has 0 amide bonds. The Kier molecular flexibility index (Phi) is 6.30. The Morgan fingerprint density at radius 2 is 1.81 bits per heavy atom. The summed E-state index contributed by atoms with van der Waals surface area (Å²) in [6.45, 7) is 4.28. The maximum Gasteiger partial charge on any atom is 0.130 e. The first-order valence-electron chi connectivity index (χ1n) is 6.92. The van der Waals surface area contributed by atoms with Crippen LogP contribution in [0.4, 0.5) is 0 Å². The number of nitrogens with zero attached hydrogens (tertiary/aromatic N) is 1. The first-order valence-corrected chi connectivity index (χ1v) is 7.67. The zero-order chi connectivity index (χ0) is 15.1. The van der Waals surface area contributed by atoms with Crippen molar-refractivity contribution in [3.63, 3.8) is 0 Å². The lowest BCUT2D eigenvalue weighted by Crippen LogP contribution is -2.15. The molecule has 2 rings (SSSR count). The van der Waals surface area contributed by atoms with Crippen molar-refractivity contribution < 1.29 is 4.74 Å². The van der Waals surface area contributed by atoms with Gasteiger partial charge < -0.3 is 10.1 Å². The molecule has 1 aromatic heterocycles. The van der Waals surface area contributed by atoms with Crippen molar-refractivity contribution in [3.8, 4) is 5.75 Å². The van der Waals surface area contributed by atoms with Crippen LogP contribution in [0, 0.1) is 0 Å². The summed E-state index contributed by atoms with van der Waals surface area (Å²) in [5.74, 6) is 0.642. The monoisotopic (exact) mass is 324 g/mol. The second kappa shape index (κ2) is 8.23. The Hall–Kier alpha value is -1.29. The van der Waals surface area contributed by atoms with Gasteiger partial charge in [0.25, 0.3) is 0 Å². The summed E-state index contributed by atoms with van der Waals surface area (Å²) in [5.41, 5.74) is 1.88. The lowest BCUT2D eigenvalue weighted by atomic mass is 10.3. The van der Waals surface area contributed by atoms with Crippen LogP contribution >= 0.6 is 23.2 Å². The first kappa shape index (κ1) is 16.1. The van der Waals surface area contributed by atoms with E-state index in [0.29, 0.717) is 22.4 Å². The summed E-state index contributed by atoms with van der Waals surface area (Å²) in [6.07, 6.45) is 1.11. The zero-order valence-corrected chi connectivity index (χ0v) is 13.4. The van der Waals surface area contributed by atoms with Gasteiger partial charge in [0.1, 0.15) is 12.4 Å². The highest BCUT2D eigenvalue weighted by molar-refractivity contribution is 6.34. The maximum absolute atomic E-state index is 5.94. The van der Waals surface area contributed by atoms with Gasteiger partial charge in [-0.3, -0.25) is 4.98 Å². The molecule has 0 spiro atoms. The van der Waals surface area contributed by atoms with E-state index in [9.17, 15) is 0 Å². The lowest BCUT2D eigenvalue weighted by molar-refractivity contribution is 0.301. The summed E-state index contributed by atoms with van der Waals surface area (Å²) < 4.78 is 5.68. The van der Waals surface area contributed by atoms with E-state index in [0.717, 1.165) is 30.9 Å². The third-order valence-corrected chi connectivity index (χ3v) is 3.26. The highest BCUT2D eigenvalue weighted by Crippen LogP contribution is 2.24. The number of benzene rings is 1. The molecule has 0 unspecified atom stereocenters. The number of hydrogen-bond acceptors (Lipinski definition) is 3. The van der Waals surface area contributed by atoms with Crippen molar-refractivity contribution in [3.05, 3.63) is 57.8 Å². The summed E-state index contributed by atoms with van der Waals surface area (Å²) >= 11 is 11.9. The van der Waals surface area contributed by atoms with Crippen LogP contribution in [0.15, 0.2) is 36.4 Å². The second-order valence-corrected chi connectivity index (χ2v) is 5.56. The number of pyridine rings is 1. The zero-order valence-electron chi connectivity index (χ0n) is 11.9. The van der Waals surface area contributed by atoms with Crippen molar-refractivity contribution in [1.29, 1.82) is 0 Å². The van der Waals surface area contributed by atoms with E-state index in [1.54, 1.807) is 18.2 Å². The summed E-state index contributed by atoms with van der Waals surface area (Å²) in [7, 11) is 0. The van der Waals surface area contributed by atoms with Gasteiger partial charge in [0, 0.05) is 16.6 Å². The predicted octanol–water partition coefficient (Wildman–Crippen LogP) is 4.47. The van der Waals surface area contributed by atoms with Crippen molar-refractivity contribution in [2.75, 3.05) is 6.54 Å². The third kappa shape index (κ3) is 5.54. The van der Waals surface area contributed by atoms with Crippen LogP contribution in [0.2, 0.25) is 10.0 Å². The second-order valence-electron chi connectivity index (χ2n) is 4.69. The van der Waals surface area contributed by atoms with Crippen molar-refractivity contribution >= 4 is 23.2 Å². The molecule has 0 aliphatic heterocycles. The molecule has 21 heavy (non-hydrogen) atoms. The van der Waals surface area contributed by atoms with Crippen LogP contribution in [-0.4, -0.2) is 11.5 Å². The van der Waals surface area contributed by atoms with Crippen LogP contribution < -0.4 is 10.1 Å². The SMILES string of the molecule is CCCNCc1cccc(COc2cc(Cl)cc(Cl)c2)n1. The minimum atomic E-state index is 0.387. The van der Waals surface area contributed by atoms with Gasteiger partial charge >= 0.3 is 0 Å². The van der Waals surface area contributed by atoms with Gasteiger partial charge in [-0.25, -0.2) is 0 Å². The first-order chi connectivity index (χ1) is 10.2. The molecular weight excluding hydrogens is 307 g/mol. The quantitative estimate of drug-likeness (QED) is 0.763. The Labute approximate surface area is 135 Å². The predicted molar refractivity (Wildman–Crippen MR) is 87.0 cm³/mol. The van der Waals surface area contributed by atoms with E-state index < -0.39 is 0 Å². The molecule has 1 heterocycles. The Morgan fingerprint density at radius 1 is 1.10 bits per heavy atom. The fourth-order valence-electron chi connectivity index (χ4n) is 1.87. The molecule has 0 bridgehead atoms. The van der Waals surface area contributed by atoms with Crippen molar-refractivity contribution in [1.82, 2.24) is 10.3 Å². The molecule has 1 aromatic carbocycles. The molecule has 112 valence electrons. The lowest BCUT2D eigenvalue weighted by Gasteiger charge is -2.08. The number of halogens is 2. The molecular formula is C16H18Cl2N2O. The highest BCUT2D eigenvalue weighted by Gasteiger charge is 2.02. The van der Waals surface area contributed by atoms with Gasteiger partial charge in [-0.1, -0.05) is 36.2 Å². The van der Waals surface area contributed by atoms with Crippen molar-refractivity contribution in [2.24, 2.45) is 0 Å². The number of aromatic nitrogens is 1. The summed E-state index contributed by atoms with van der Waals surface area (Å²) in [5, 5.41) is 4.45. The molecule has 0 radical (unpaired) electrons. The molecule has 5 heteroatoms. The van der Waals surface area contributed by atoms with E-state index in [1.165, 1.54) is 0 Å². The Balaban J connectivity index is 1.94. The molecule has 1 N–H and O–H groups in total. The van der Waals surface area contributed by atoms with E-state index in [1.807, 2.05) is 18.2 Å². The molecule has 0 atom stereocenters. The molecule has 3 nitrogen and oxygen atoms in total. The topological polar surface area (TPSA) is 34.1 Å². The molecule has 0 aliphatic rings. The van der Waals surface area contributed by atoms with Crippen LogP contribution in [0.3, 0.4) is 0 Å². The molecule has 0 aliphatic carbocycles. The fourth-order valence-corrected chi connectivity index (χ4v) is 2.38. The highest BCUT2D eigenvalue weighted by atomic mass is 35.5. The number of rotatable bonds is 7. The molecule has 0 saturated heterocycles. The summed E-state index contributed by atoms with van der Waals surface area (Å²) in [6, 6.07) is 11.1. The number of nitrogens with one attached hydrogen (secondary N) is 1. The van der Waals surface area contributed by atoms with Gasteiger partial charge in [0.05, 0.1) is 11.4 Å². The standard InChI is InChI=1S/C16H18Cl2N2O/c1-2-6-19-10-14-4-3-5-15(20-14)11-21-16-8-12(17)7-13(18)9-16/h3-5,7-9,19H,2,6,10-11H2,1H3. The van der Waals surface area contributed by atoms with Gasteiger partial charge in [0.2, 0.25) is 0 Å². The van der Waals surface area contributed by atoms with Crippen LogP contribution in [0.1, 0.15) is 24.7 Å². The number of ether oxygens (including phenoxy) is 1. The number of hydrogen-bond donors (Lipinski definition) is 1. The third-order valence-electron chi connectivity index (χ3n) is 2.82. The Morgan fingerprint density at radius 3 is 2.52 bits per heavy atom. The van der Waals surface area contributed by atoms with Gasteiger partial charge in [0.15, 0.2) is 0 Å². The van der Waals surface area contributed by atoms with Gasteiger partial charge in [-0.05, 0) is 43.3 Å². The maximum atomic E-state index is 5.94. The fraction of sp³-hybridized carbons (Fsp3) is 0.312. The summed E-state index contributed by atoms with van der Waals surface area (Å²) in [4.78, 5) is 4.55. The molecule has 2 aromatic rings. The van der Waals surface area contributed by atoms with E-state index in [2.05, 4.69) is 17.2 Å². The average Bonchev–Trinajstić information content (AvgIpc) is 2.45. The van der Waals surface area contributed by atoms with Crippen LogP contribution in [0.25, 0.3) is 0 Å². The minimum Gasteiger partial charge on any atom is -0.487 e. The smallest absolute Gasteiger partial charge is 0.130 e. The Bertz CT molecular complexity index is 570. The largest absolute Gasteiger partial charge is 0.487 e. The average molecular weight is 325 g/mol. The van der Waals surface area contributed by atoms with E-state index in [4.69, 9.17) is 27.9 Å². The van der Waals surface area contributed by atoms with E-state index >= 15 is 0 Å². The van der Waals surface area contributed by atoms with Gasteiger partial charge in [-0.15, -0.1) is 0 Å². The van der Waals surface area contributed by atoms with Crippen LogP contribution in [-0.2, 0) is 13.2 Å². The van der Waals surface area contributed by atoms with Crippen LogP contribution in [0.5, 0.6) is 5.75 Å². The van der Waals surface area contributed by atoms with Gasteiger partial charge in [-0.2, -0.15) is 0 Å². The van der Waals surface area contributed by atoms with E-state index in [-0.39, 0.29) is 0 Å². The normalized spacial score (nSPS) is 10.6. The van der Waals surface area contributed by atoms with Crippen molar-refractivity contribution in [2.45, 2.75) is 26.5 Å². The molecule has 0 saturated carbocycles.